The van der Waals surface area contributed by atoms with Crippen molar-refractivity contribution in [2.45, 2.75) is 50.4 Å². The van der Waals surface area contributed by atoms with Gasteiger partial charge < -0.3 is 4.52 Å². The van der Waals surface area contributed by atoms with Crippen molar-refractivity contribution in [2.75, 3.05) is 0 Å². The van der Waals surface area contributed by atoms with Crippen molar-refractivity contribution < 1.29 is 4.52 Å². The molecule has 4 nitrogen and oxygen atoms in total. The average molecular weight is 243 g/mol. The molecule has 4 fully saturated rings. The zero-order chi connectivity index (χ0) is 12.2. The summed E-state index contributed by atoms with van der Waals surface area (Å²) in [6.07, 6.45) is 8.19. The predicted octanol–water partition coefficient (Wildman–Crippen LogP) is 2.60. The van der Waals surface area contributed by atoms with Gasteiger partial charge in [0.1, 0.15) is 0 Å². The van der Waals surface area contributed by atoms with Crippen LogP contribution in [-0.2, 0) is 11.8 Å². The molecule has 4 saturated carbocycles. The Kier molecular flexibility index (Phi) is 2.09. The smallest absolute Gasteiger partial charge is 0.232 e. The van der Waals surface area contributed by atoms with Crippen molar-refractivity contribution >= 4 is 0 Å². The quantitative estimate of drug-likeness (QED) is 0.801. The first-order valence-electron chi connectivity index (χ1n) is 6.97. The molecule has 4 heteroatoms. The SMILES string of the molecule is N#CCc1noc(C23CC4CC(CC(C4)C2)C3)n1. The van der Waals surface area contributed by atoms with Crippen molar-refractivity contribution in [3.63, 3.8) is 0 Å². The Morgan fingerprint density at radius 3 is 2.33 bits per heavy atom. The molecule has 1 heterocycles. The van der Waals surface area contributed by atoms with E-state index in [-0.39, 0.29) is 11.8 Å². The summed E-state index contributed by atoms with van der Waals surface area (Å²) in [5.41, 5.74) is 0.162. The highest BCUT2D eigenvalue weighted by molar-refractivity contribution is 5.15. The van der Waals surface area contributed by atoms with Gasteiger partial charge in [-0.2, -0.15) is 10.2 Å². The molecule has 0 amide bonds. The monoisotopic (exact) mass is 243 g/mol. The Bertz CT molecular complexity index is 478. The summed E-state index contributed by atoms with van der Waals surface area (Å²) >= 11 is 0. The number of nitriles is 1. The van der Waals surface area contributed by atoms with Gasteiger partial charge >= 0.3 is 0 Å². The summed E-state index contributed by atoms with van der Waals surface area (Å²) in [5, 5.41) is 12.6. The molecular weight excluding hydrogens is 226 g/mol. The standard InChI is InChI=1S/C14H17N3O/c15-2-1-12-16-13(18-17-12)14-6-9-3-10(7-14)5-11(4-9)8-14/h9-11H,1,3-8H2. The van der Waals surface area contributed by atoms with Gasteiger partial charge in [-0.1, -0.05) is 5.16 Å². The Morgan fingerprint density at radius 1 is 1.17 bits per heavy atom. The lowest BCUT2D eigenvalue weighted by molar-refractivity contribution is -0.0201. The minimum absolute atomic E-state index is 0.162. The van der Waals surface area contributed by atoms with Crippen LogP contribution < -0.4 is 0 Å². The lowest BCUT2D eigenvalue weighted by Gasteiger charge is -2.55. The Morgan fingerprint density at radius 2 is 1.78 bits per heavy atom. The molecule has 0 radical (unpaired) electrons. The first kappa shape index (κ1) is 10.5. The molecule has 94 valence electrons. The molecule has 0 spiro atoms. The number of rotatable bonds is 2. The average Bonchev–Trinajstić information content (AvgIpc) is 2.77. The molecule has 4 aliphatic rings. The second-order valence-electron chi connectivity index (χ2n) is 6.55. The van der Waals surface area contributed by atoms with Gasteiger partial charge in [0, 0.05) is 0 Å². The van der Waals surface area contributed by atoms with Gasteiger partial charge in [-0.15, -0.1) is 0 Å². The summed E-state index contributed by atoms with van der Waals surface area (Å²) in [5.74, 6) is 4.02. The summed E-state index contributed by atoms with van der Waals surface area (Å²) in [7, 11) is 0. The molecule has 1 aromatic rings. The lowest BCUT2D eigenvalue weighted by atomic mass is 9.49. The largest absolute Gasteiger partial charge is 0.339 e. The zero-order valence-corrected chi connectivity index (χ0v) is 10.4. The van der Waals surface area contributed by atoms with Crippen LogP contribution in [0.3, 0.4) is 0 Å². The van der Waals surface area contributed by atoms with Gasteiger partial charge in [0.25, 0.3) is 0 Å². The fourth-order valence-corrected chi connectivity index (χ4v) is 4.98. The van der Waals surface area contributed by atoms with E-state index in [4.69, 9.17) is 9.78 Å². The summed E-state index contributed by atoms with van der Waals surface area (Å²) in [6.45, 7) is 0. The van der Waals surface area contributed by atoms with Crippen LogP contribution in [0.15, 0.2) is 4.52 Å². The van der Waals surface area contributed by atoms with Crippen LogP contribution in [0.5, 0.6) is 0 Å². The number of hydrogen-bond acceptors (Lipinski definition) is 4. The highest BCUT2D eigenvalue weighted by Gasteiger charge is 2.54. The third kappa shape index (κ3) is 1.43. The molecule has 18 heavy (non-hydrogen) atoms. The molecule has 0 saturated heterocycles. The van der Waals surface area contributed by atoms with Gasteiger partial charge in [-0.05, 0) is 56.3 Å². The zero-order valence-electron chi connectivity index (χ0n) is 10.4. The fourth-order valence-electron chi connectivity index (χ4n) is 4.98. The van der Waals surface area contributed by atoms with Gasteiger partial charge in [0.15, 0.2) is 5.82 Å². The van der Waals surface area contributed by atoms with Crippen molar-refractivity contribution in [1.82, 2.24) is 10.1 Å². The fraction of sp³-hybridized carbons (Fsp3) is 0.786. The van der Waals surface area contributed by atoms with E-state index in [2.05, 4.69) is 16.2 Å². The van der Waals surface area contributed by atoms with Crippen molar-refractivity contribution in [2.24, 2.45) is 17.8 Å². The van der Waals surface area contributed by atoms with E-state index in [9.17, 15) is 0 Å². The molecule has 5 rings (SSSR count). The van der Waals surface area contributed by atoms with E-state index in [1.165, 1.54) is 38.5 Å². The van der Waals surface area contributed by atoms with Crippen LogP contribution >= 0.6 is 0 Å². The van der Waals surface area contributed by atoms with Crippen LogP contribution in [0.4, 0.5) is 0 Å². The maximum Gasteiger partial charge on any atom is 0.232 e. The first-order chi connectivity index (χ1) is 8.77. The van der Waals surface area contributed by atoms with Crippen LogP contribution in [0.1, 0.15) is 50.2 Å². The third-order valence-corrected chi connectivity index (χ3v) is 5.20. The molecule has 1 aromatic heterocycles. The summed E-state index contributed by atoms with van der Waals surface area (Å²) in [6, 6.07) is 2.09. The minimum Gasteiger partial charge on any atom is -0.339 e. The molecule has 0 aliphatic heterocycles. The normalized spacial score (nSPS) is 40.9. The highest BCUT2D eigenvalue weighted by atomic mass is 16.5. The maximum absolute atomic E-state index is 8.69. The van der Waals surface area contributed by atoms with Gasteiger partial charge in [-0.3, -0.25) is 0 Å². The molecule has 4 aliphatic carbocycles. The first-order valence-corrected chi connectivity index (χ1v) is 6.97. The third-order valence-electron chi connectivity index (χ3n) is 5.20. The highest BCUT2D eigenvalue weighted by Crippen LogP contribution is 2.60. The van der Waals surface area contributed by atoms with Crippen LogP contribution in [-0.4, -0.2) is 10.1 Å². The van der Waals surface area contributed by atoms with Crippen molar-refractivity contribution in [3.8, 4) is 6.07 Å². The molecule has 4 bridgehead atoms. The maximum atomic E-state index is 8.69. The number of nitrogens with zero attached hydrogens (tertiary/aromatic N) is 3. The number of aromatic nitrogens is 2. The van der Waals surface area contributed by atoms with Crippen molar-refractivity contribution in [3.05, 3.63) is 11.7 Å². The van der Waals surface area contributed by atoms with Crippen LogP contribution in [0, 0.1) is 29.1 Å². The lowest BCUT2D eigenvalue weighted by Crippen LogP contribution is -2.48. The van der Waals surface area contributed by atoms with E-state index < -0.39 is 0 Å². The van der Waals surface area contributed by atoms with E-state index in [1.54, 1.807) is 0 Å². The Labute approximate surface area is 106 Å². The molecule has 0 aromatic carbocycles. The van der Waals surface area contributed by atoms with Crippen LogP contribution in [0.25, 0.3) is 0 Å². The summed E-state index contributed by atoms with van der Waals surface area (Å²) in [4.78, 5) is 4.49. The molecule has 0 unspecified atom stereocenters. The molecule has 0 N–H and O–H groups in total. The van der Waals surface area contributed by atoms with Gasteiger partial charge in [0.05, 0.1) is 17.9 Å². The molecule has 0 atom stereocenters. The van der Waals surface area contributed by atoms with Gasteiger partial charge in [-0.25, -0.2) is 0 Å². The number of hydrogen-bond donors (Lipinski definition) is 0. The topological polar surface area (TPSA) is 62.7 Å². The Balaban J connectivity index is 1.68. The minimum atomic E-state index is 0.162. The van der Waals surface area contributed by atoms with Crippen molar-refractivity contribution in [1.29, 1.82) is 5.26 Å². The van der Waals surface area contributed by atoms with E-state index >= 15 is 0 Å². The Hall–Kier alpha value is -1.37. The second-order valence-corrected chi connectivity index (χ2v) is 6.55. The second kappa shape index (κ2) is 3.57. The molecular formula is C14H17N3O. The van der Waals surface area contributed by atoms with E-state index in [0.29, 0.717) is 5.82 Å². The van der Waals surface area contributed by atoms with E-state index in [0.717, 1.165) is 23.6 Å². The van der Waals surface area contributed by atoms with E-state index in [1.807, 2.05) is 0 Å². The predicted molar refractivity (Wildman–Crippen MR) is 63.5 cm³/mol. The van der Waals surface area contributed by atoms with Gasteiger partial charge in [0.2, 0.25) is 5.89 Å². The van der Waals surface area contributed by atoms with Crippen LogP contribution in [0.2, 0.25) is 0 Å². The summed E-state index contributed by atoms with van der Waals surface area (Å²) < 4.78 is 5.49.